The summed E-state index contributed by atoms with van der Waals surface area (Å²) in [4.78, 5) is 4.40. The highest BCUT2D eigenvalue weighted by Gasteiger charge is 2.25. The lowest BCUT2D eigenvalue weighted by Gasteiger charge is -2.06. The summed E-state index contributed by atoms with van der Waals surface area (Å²) in [6.07, 6.45) is 0. The molecular weight excluding hydrogens is 208 g/mol. The van der Waals surface area contributed by atoms with Crippen LogP contribution in [0.25, 0.3) is 0 Å². The van der Waals surface area contributed by atoms with Crippen LogP contribution < -0.4 is 5.32 Å². The van der Waals surface area contributed by atoms with Crippen molar-refractivity contribution in [3.63, 3.8) is 0 Å². The Labute approximate surface area is 93.6 Å². The summed E-state index contributed by atoms with van der Waals surface area (Å²) < 4.78 is 0. The van der Waals surface area contributed by atoms with Crippen molar-refractivity contribution in [1.29, 1.82) is 0 Å². The molecule has 3 nitrogen and oxygen atoms in total. The van der Waals surface area contributed by atoms with Gasteiger partial charge in [0.15, 0.2) is 5.17 Å². The minimum Gasteiger partial charge on any atom is -0.394 e. The number of nitrogens with zero attached hydrogens (tertiary/aromatic N) is 1. The van der Waals surface area contributed by atoms with Crippen LogP contribution in [0.1, 0.15) is 6.92 Å². The van der Waals surface area contributed by atoms with E-state index in [9.17, 15) is 0 Å². The Bertz CT molecular complexity index is 353. The largest absolute Gasteiger partial charge is 0.394 e. The zero-order valence-corrected chi connectivity index (χ0v) is 9.37. The molecule has 0 radical (unpaired) electrons. The third-order valence-corrected chi connectivity index (χ3v) is 3.45. The highest BCUT2D eigenvalue weighted by Crippen LogP contribution is 2.26. The molecule has 0 fully saturated rings. The Morgan fingerprint density at radius 3 is 2.73 bits per heavy atom. The third kappa shape index (κ3) is 2.52. The molecule has 0 amide bonds. The lowest BCUT2D eigenvalue weighted by Crippen LogP contribution is -2.17. The fourth-order valence-corrected chi connectivity index (χ4v) is 2.47. The molecule has 2 N–H and O–H groups in total. The summed E-state index contributed by atoms with van der Waals surface area (Å²) in [5.41, 5.74) is 1.04. The first kappa shape index (κ1) is 10.5. The summed E-state index contributed by atoms with van der Waals surface area (Å²) in [6.45, 7) is 2.20. The zero-order valence-electron chi connectivity index (χ0n) is 8.55. The van der Waals surface area contributed by atoms with Crippen LogP contribution in [0.3, 0.4) is 0 Å². The summed E-state index contributed by atoms with van der Waals surface area (Å²) in [6, 6.07) is 9.97. The van der Waals surface area contributed by atoms with Gasteiger partial charge in [-0.15, -0.1) is 0 Å². The van der Waals surface area contributed by atoms with Gasteiger partial charge >= 0.3 is 0 Å². The van der Waals surface area contributed by atoms with E-state index < -0.39 is 0 Å². The second-order valence-electron chi connectivity index (χ2n) is 3.50. The summed E-state index contributed by atoms with van der Waals surface area (Å²) >= 11 is 1.67. The standard InChI is InChI=1S/C11H14N2OS/c1-8-10(7-14)13-11(15-8)12-9-5-3-2-4-6-9/h2-6,8,10,14H,7H2,1H3,(H,12,13)/t8-,10+/m0/s1. The van der Waals surface area contributed by atoms with Crippen molar-refractivity contribution in [1.82, 2.24) is 0 Å². The first-order valence-electron chi connectivity index (χ1n) is 4.97. The average molecular weight is 222 g/mol. The molecule has 0 saturated heterocycles. The number of anilines is 1. The minimum atomic E-state index is 0.0289. The lowest BCUT2D eigenvalue weighted by molar-refractivity contribution is 0.268. The number of nitrogens with one attached hydrogen (secondary N) is 1. The predicted octanol–water partition coefficient (Wildman–Crippen LogP) is 1.95. The number of aliphatic hydroxyl groups excluding tert-OH is 1. The maximum Gasteiger partial charge on any atom is 0.161 e. The van der Waals surface area contributed by atoms with Crippen molar-refractivity contribution in [3.05, 3.63) is 30.3 Å². The molecule has 1 aliphatic rings. The number of hydrogen-bond donors (Lipinski definition) is 2. The Balaban J connectivity index is 2.02. The monoisotopic (exact) mass is 222 g/mol. The molecule has 0 bridgehead atoms. The van der Waals surface area contributed by atoms with Gasteiger partial charge in [0, 0.05) is 10.9 Å². The molecule has 0 spiro atoms. The van der Waals surface area contributed by atoms with Crippen molar-refractivity contribution >= 4 is 22.6 Å². The maximum absolute atomic E-state index is 9.07. The van der Waals surface area contributed by atoms with Crippen LogP contribution in [-0.2, 0) is 0 Å². The molecule has 2 atom stereocenters. The van der Waals surface area contributed by atoms with E-state index in [4.69, 9.17) is 5.11 Å². The fourth-order valence-electron chi connectivity index (χ4n) is 1.44. The number of amidine groups is 1. The Kier molecular flexibility index (Phi) is 3.28. The lowest BCUT2D eigenvalue weighted by atomic mass is 10.2. The molecule has 0 aromatic heterocycles. The van der Waals surface area contributed by atoms with Crippen LogP contribution in [0.4, 0.5) is 5.69 Å². The highest BCUT2D eigenvalue weighted by molar-refractivity contribution is 8.15. The van der Waals surface area contributed by atoms with E-state index in [1.54, 1.807) is 11.8 Å². The van der Waals surface area contributed by atoms with Crippen LogP contribution in [0.5, 0.6) is 0 Å². The van der Waals surface area contributed by atoms with E-state index in [0.29, 0.717) is 5.25 Å². The quantitative estimate of drug-likeness (QED) is 0.804. The normalized spacial score (nSPS) is 25.1. The van der Waals surface area contributed by atoms with Gasteiger partial charge < -0.3 is 10.4 Å². The van der Waals surface area contributed by atoms with E-state index in [-0.39, 0.29) is 12.6 Å². The first-order valence-corrected chi connectivity index (χ1v) is 5.85. The van der Waals surface area contributed by atoms with Crippen LogP contribution >= 0.6 is 11.8 Å². The van der Waals surface area contributed by atoms with Gasteiger partial charge in [-0.2, -0.15) is 0 Å². The van der Waals surface area contributed by atoms with Crippen molar-refractivity contribution < 1.29 is 5.11 Å². The van der Waals surface area contributed by atoms with E-state index in [1.165, 1.54) is 0 Å². The predicted molar refractivity (Wildman–Crippen MR) is 65.4 cm³/mol. The van der Waals surface area contributed by atoms with Gasteiger partial charge in [0.25, 0.3) is 0 Å². The van der Waals surface area contributed by atoms with E-state index in [1.807, 2.05) is 30.3 Å². The minimum absolute atomic E-state index is 0.0289. The molecule has 15 heavy (non-hydrogen) atoms. The molecule has 1 aromatic rings. The molecule has 80 valence electrons. The molecule has 1 heterocycles. The number of aliphatic imine (C=N–C) groups is 1. The summed E-state index contributed by atoms with van der Waals surface area (Å²) in [5, 5.41) is 13.6. The van der Waals surface area contributed by atoms with Gasteiger partial charge in [-0.25, -0.2) is 0 Å². The second-order valence-corrected chi connectivity index (χ2v) is 4.86. The highest BCUT2D eigenvalue weighted by atomic mass is 32.2. The van der Waals surface area contributed by atoms with Crippen molar-refractivity contribution in [2.24, 2.45) is 4.99 Å². The van der Waals surface area contributed by atoms with E-state index >= 15 is 0 Å². The van der Waals surface area contributed by atoms with Crippen LogP contribution in [0.2, 0.25) is 0 Å². The van der Waals surface area contributed by atoms with Crippen molar-refractivity contribution in [2.45, 2.75) is 18.2 Å². The molecular formula is C11H14N2OS. The number of benzene rings is 1. The molecule has 2 rings (SSSR count). The molecule has 4 heteroatoms. The number of rotatable bonds is 2. The maximum atomic E-state index is 9.07. The SMILES string of the molecule is C[C@@H]1SC(Nc2ccccc2)=N[C@@H]1CO. The zero-order chi connectivity index (χ0) is 10.7. The number of thioether (sulfide) groups is 1. The molecule has 1 aromatic carbocycles. The molecule has 0 saturated carbocycles. The fraction of sp³-hybridized carbons (Fsp3) is 0.364. The van der Waals surface area contributed by atoms with Gasteiger partial charge in [0.05, 0.1) is 12.6 Å². The van der Waals surface area contributed by atoms with Crippen LogP contribution in [0.15, 0.2) is 35.3 Å². The smallest absolute Gasteiger partial charge is 0.161 e. The summed E-state index contributed by atoms with van der Waals surface area (Å²) in [7, 11) is 0. The van der Waals surface area contributed by atoms with Gasteiger partial charge in [-0.3, -0.25) is 4.99 Å². The number of hydrogen-bond acceptors (Lipinski definition) is 4. The molecule has 1 aliphatic heterocycles. The van der Waals surface area contributed by atoms with Gasteiger partial charge in [0.1, 0.15) is 0 Å². The topological polar surface area (TPSA) is 44.6 Å². The summed E-state index contributed by atoms with van der Waals surface area (Å²) in [5.74, 6) is 0. The number of aliphatic hydroxyl groups is 1. The van der Waals surface area contributed by atoms with Gasteiger partial charge in [-0.1, -0.05) is 36.9 Å². The Morgan fingerprint density at radius 2 is 2.13 bits per heavy atom. The molecule has 0 aliphatic carbocycles. The van der Waals surface area contributed by atoms with E-state index in [2.05, 4.69) is 17.2 Å². The Morgan fingerprint density at radius 1 is 1.40 bits per heavy atom. The molecule has 0 unspecified atom stereocenters. The van der Waals surface area contributed by atoms with Crippen molar-refractivity contribution in [3.8, 4) is 0 Å². The van der Waals surface area contributed by atoms with Gasteiger partial charge in [-0.05, 0) is 12.1 Å². The average Bonchev–Trinajstić information content (AvgIpc) is 2.60. The third-order valence-electron chi connectivity index (χ3n) is 2.33. The van der Waals surface area contributed by atoms with Crippen molar-refractivity contribution in [2.75, 3.05) is 11.9 Å². The second kappa shape index (κ2) is 4.68. The first-order chi connectivity index (χ1) is 7.29. The van der Waals surface area contributed by atoms with E-state index in [0.717, 1.165) is 10.9 Å². The van der Waals surface area contributed by atoms with Crippen LogP contribution in [0, 0.1) is 0 Å². The van der Waals surface area contributed by atoms with Crippen LogP contribution in [-0.4, -0.2) is 28.2 Å². The van der Waals surface area contributed by atoms with Gasteiger partial charge in [0.2, 0.25) is 0 Å². The number of para-hydroxylation sites is 1. The Hall–Kier alpha value is -1.00.